The Bertz CT molecular complexity index is 406. The smallest absolute Gasteiger partial charge is 0.0233 e. The molecule has 1 N–H and O–H groups in total. The fourth-order valence-electron chi connectivity index (χ4n) is 2.99. The Balaban J connectivity index is 1.75. The molecule has 1 aromatic rings. The van der Waals surface area contributed by atoms with Gasteiger partial charge in [-0.05, 0) is 81.9 Å². The lowest BCUT2D eigenvalue weighted by atomic mass is 9.96. The topological polar surface area (TPSA) is 15.3 Å². The zero-order valence-electron chi connectivity index (χ0n) is 13.4. The zero-order chi connectivity index (χ0) is 14.4. The fraction of sp³-hybridized carbons (Fsp3) is 0.667. The van der Waals surface area contributed by atoms with Crippen LogP contribution in [0.4, 0.5) is 0 Å². The Labute approximate surface area is 124 Å². The third-order valence-electron chi connectivity index (χ3n) is 4.54. The first-order valence-electron chi connectivity index (χ1n) is 8.18. The van der Waals surface area contributed by atoms with E-state index in [-0.39, 0.29) is 0 Å². The van der Waals surface area contributed by atoms with Crippen LogP contribution in [0.1, 0.15) is 42.9 Å². The second-order valence-electron chi connectivity index (χ2n) is 6.34. The molecule has 112 valence electrons. The third-order valence-corrected chi connectivity index (χ3v) is 4.54. The molecule has 0 atom stereocenters. The number of aryl methyl sites for hydroxylation is 2. The van der Waals surface area contributed by atoms with Crippen molar-refractivity contribution in [3.63, 3.8) is 0 Å². The molecule has 20 heavy (non-hydrogen) atoms. The van der Waals surface area contributed by atoms with Crippen molar-refractivity contribution in [1.29, 1.82) is 0 Å². The van der Waals surface area contributed by atoms with Crippen LogP contribution >= 0.6 is 0 Å². The summed E-state index contributed by atoms with van der Waals surface area (Å²) < 4.78 is 0. The monoisotopic (exact) mass is 274 g/mol. The molecule has 1 fully saturated rings. The Hall–Kier alpha value is -0.860. The Morgan fingerprint density at radius 3 is 2.55 bits per heavy atom. The van der Waals surface area contributed by atoms with Gasteiger partial charge >= 0.3 is 0 Å². The van der Waals surface area contributed by atoms with Crippen LogP contribution in [0.5, 0.6) is 0 Å². The molecule has 2 rings (SSSR count). The summed E-state index contributed by atoms with van der Waals surface area (Å²) in [4.78, 5) is 2.61. The maximum absolute atomic E-state index is 3.56. The standard InChI is InChI=1S/C18H30N2/c1-4-9-19-13-17-7-10-20(11-8-17)14-18-6-5-15(2)16(3)12-18/h5-6,12,17,19H,4,7-11,13-14H2,1-3H3. The third kappa shape index (κ3) is 4.60. The van der Waals surface area contributed by atoms with Gasteiger partial charge in [-0.1, -0.05) is 25.1 Å². The number of nitrogens with one attached hydrogen (secondary N) is 1. The van der Waals surface area contributed by atoms with Gasteiger partial charge in [-0.15, -0.1) is 0 Å². The molecule has 1 heterocycles. The first-order chi connectivity index (χ1) is 9.69. The molecular weight excluding hydrogens is 244 g/mol. The Kier molecular flexibility index (Phi) is 6.06. The average Bonchev–Trinajstić information content (AvgIpc) is 2.45. The minimum absolute atomic E-state index is 0.887. The largest absolute Gasteiger partial charge is 0.316 e. The maximum atomic E-state index is 3.56. The van der Waals surface area contributed by atoms with Crippen molar-refractivity contribution in [1.82, 2.24) is 10.2 Å². The Morgan fingerprint density at radius 1 is 1.15 bits per heavy atom. The van der Waals surface area contributed by atoms with Crippen LogP contribution in [0.3, 0.4) is 0 Å². The van der Waals surface area contributed by atoms with Crippen LogP contribution in [0, 0.1) is 19.8 Å². The van der Waals surface area contributed by atoms with Crippen molar-refractivity contribution in [3.8, 4) is 0 Å². The SMILES string of the molecule is CCCNCC1CCN(Cc2ccc(C)c(C)c2)CC1. The minimum Gasteiger partial charge on any atom is -0.316 e. The highest BCUT2D eigenvalue weighted by atomic mass is 15.1. The van der Waals surface area contributed by atoms with Gasteiger partial charge in [0.15, 0.2) is 0 Å². The van der Waals surface area contributed by atoms with Gasteiger partial charge in [-0.2, -0.15) is 0 Å². The number of piperidine rings is 1. The Morgan fingerprint density at radius 2 is 1.90 bits per heavy atom. The number of nitrogens with zero attached hydrogens (tertiary/aromatic N) is 1. The molecule has 0 aromatic heterocycles. The lowest BCUT2D eigenvalue weighted by Crippen LogP contribution is -2.37. The van der Waals surface area contributed by atoms with Gasteiger partial charge in [0, 0.05) is 6.54 Å². The second-order valence-corrected chi connectivity index (χ2v) is 6.34. The zero-order valence-corrected chi connectivity index (χ0v) is 13.4. The van der Waals surface area contributed by atoms with E-state index in [4.69, 9.17) is 0 Å². The van der Waals surface area contributed by atoms with E-state index in [0.717, 1.165) is 12.5 Å². The number of likely N-dealkylation sites (tertiary alicyclic amines) is 1. The normalized spacial score (nSPS) is 17.6. The van der Waals surface area contributed by atoms with Crippen LogP contribution in [-0.4, -0.2) is 31.1 Å². The van der Waals surface area contributed by atoms with Crippen molar-refractivity contribution < 1.29 is 0 Å². The highest BCUT2D eigenvalue weighted by Gasteiger charge is 2.18. The number of hydrogen-bond donors (Lipinski definition) is 1. The highest BCUT2D eigenvalue weighted by molar-refractivity contribution is 5.29. The quantitative estimate of drug-likeness (QED) is 0.799. The van der Waals surface area contributed by atoms with Gasteiger partial charge in [0.25, 0.3) is 0 Å². The van der Waals surface area contributed by atoms with Crippen molar-refractivity contribution in [2.24, 2.45) is 5.92 Å². The van der Waals surface area contributed by atoms with Crippen molar-refractivity contribution in [3.05, 3.63) is 34.9 Å². The van der Waals surface area contributed by atoms with E-state index >= 15 is 0 Å². The summed E-state index contributed by atoms with van der Waals surface area (Å²) in [6, 6.07) is 6.90. The summed E-state index contributed by atoms with van der Waals surface area (Å²) in [6.07, 6.45) is 3.94. The molecule has 1 aromatic carbocycles. The summed E-state index contributed by atoms with van der Waals surface area (Å²) in [7, 11) is 0. The van der Waals surface area contributed by atoms with Crippen LogP contribution in [0.2, 0.25) is 0 Å². The van der Waals surface area contributed by atoms with Crippen LogP contribution in [-0.2, 0) is 6.54 Å². The molecule has 0 saturated carbocycles. The van der Waals surface area contributed by atoms with E-state index in [1.165, 1.54) is 62.1 Å². The summed E-state index contributed by atoms with van der Waals surface area (Å²) in [5.41, 5.74) is 4.28. The lowest BCUT2D eigenvalue weighted by molar-refractivity contribution is 0.175. The molecule has 1 aliphatic heterocycles. The van der Waals surface area contributed by atoms with Gasteiger partial charge in [0.2, 0.25) is 0 Å². The van der Waals surface area contributed by atoms with Crippen LogP contribution in [0.25, 0.3) is 0 Å². The van der Waals surface area contributed by atoms with Crippen LogP contribution < -0.4 is 5.32 Å². The molecule has 1 aliphatic rings. The number of benzene rings is 1. The van der Waals surface area contributed by atoms with Crippen molar-refractivity contribution in [2.45, 2.75) is 46.6 Å². The fourth-order valence-corrected chi connectivity index (χ4v) is 2.99. The number of hydrogen-bond acceptors (Lipinski definition) is 2. The second kappa shape index (κ2) is 7.80. The summed E-state index contributed by atoms with van der Waals surface area (Å²) in [5.74, 6) is 0.887. The summed E-state index contributed by atoms with van der Waals surface area (Å²) >= 11 is 0. The van der Waals surface area contributed by atoms with Crippen molar-refractivity contribution >= 4 is 0 Å². The summed E-state index contributed by atoms with van der Waals surface area (Å²) in [5, 5.41) is 3.56. The molecule has 0 bridgehead atoms. The van der Waals surface area contributed by atoms with E-state index in [1.54, 1.807) is 0 Å². The van der Waals surface area contributed by atoms with Crippen LogP contribution in [0.15, 0.2) is 18.2 Å². The first-order valence-corrected chi connectivity index (χ1v) is 8.18. The van der Waals surface area contributed by atoms with E-state index in [2.05, 4.69) is 49.2 Å². The van der Waals surface area contributed by atoms with E-state index in [0.29, 0.717) is 0 Å². The van der Waals surface area contributed by atoms with Crippen molar-refractivity contribution in [2.75, 3.05) is 26.2 Å². The van der Waals surface area contributed by atoms with E-state index in [1.807, 2.05) is 0 Å². The average molecular weight is 274 g/mol. The van der Waals surface area contributed by atoms with Gasteiger partial charge in [-0.3, -0.25) is 4.90 Å². The molecule has 2 nitrogen and oxygen atoms in total. The number of rotatable bonds is 6. The maximum Gasteiger partial charge on any atom is 0.0233 e. The van der Waals surface area contributed by atoms with Gasteiger partial charge in [0.1, 0.15) is 0 Å². The predicted octanol–water partition coefficient (Wildman–Crippen LogP) is 3.52. The summed E-state index contributed by atoms with van der Waals surface area (Å²) in [6.45, 7) is 12.7. The highest BCUT2D eigenvalue weighted by Crippen LogP contribution is 2.19. The molecule has 0 unspecified atom stereocenters. The lowest BCUT2D eigenvalue weighted by Gasteiger charge is -2.32. The molecule has 2 heteroatoms. The van der Waals surface area contributed by atoms with Gasteiger partial charge in [-0.25, -0.2) is 0 Å². The molecule has 0 radical (unpaired) electrons. The van der Waals surface area contributed by atoms with E-state index in [9.17, 15) is 0 Å². The van der Waals surface area contributed by atoms with Gasteiger partial charge < -0.3 is 5.32 Å². The molecule has 0 aliphatic carbocycles. The molecule has 1 saturated heterocycles. The molecule has 0 amide bonds. The molecular formula is C18H30N2. The minimum atomic E-state index is 0.887. The van der Waals surface area contributed by atoms with Gasteiger partial charge in [0.05, 0.1) is 0 Å². The predicted molar refractivity (Wildman–Crippen MR) is 87.1 cm³/mol. The van der Waals surface area contributed by atoms with E-state index < -0.39 is 0 Å². The first kappa shape index (κ1) is 15.5. The molecule has 0 spiro atoms.